The first-order valence-corrected chi connectivity index (χ1v) is 9.02. The van der Waals surface area contributed by atoms with Crippen LogP contribution in [0.1, 0.15) is 31.4 Å². The topological polar surface area (TPSA) is 49.1 Å². The number of rotatable bonds is 8. The number of likely N-dealkylation sites (tertiary alicyclic amines) is 2. The van der Waals surface area contributed by atoms with Gasteiger partial charge in [-0.3, -0.25) is 0 Å². The smallest absolute Gasteiger partial charge is 0.129 e. The molecule has 0 bridgehead atoms. The Labute approximate surface area is 139 Å². The Morgan fingerprint density at radius 3 is 2.87 bits per heavy atom. The van der Waals surface area contributed by atoms with Crippen LogP contribution in [0.2, 0.25) is 0 Å². The SMILES string of the molecule is OC(COCc1ccco1)CN1CCC(CN2CCCCC2)C1. The maximum absolute atomic E-state index is 10.1. The van der Waals surface area contributed by atoms with Gasteiger partial charge >= 0.3 is 0 Å². The lowest BCUT2D eigenvalue weighted by Crippen LogP contribution is -2.37. The number of nitrogens with zero attached hydrogens (tertiary/aromatic N) is 2. The molecule has 1 N–H and O–H groups in total. The fourth-order valence-corrected chi connectivity index (χ4v) is 3.78. The molecule has 1 aromatic rings. The maximum atomic E-state index is 10.1. The van der Waals surface area contributed by atoms with Crippen molar-refractivity contribution in [1.82, 2.24) is 9.80 Å². The average Bonchev–Trinajstić information content (AvgIpc) is 3.21. The number of aliphatic hydroxyl groups excluding tert-OH is 1. The zero-order chi connectivity index (χ0) is 15.9. The van der Waals surface area contributed by atoms with Gasteiger partial charge < -0.3 is 24.1 Å². The molecule has 0 saturated carbocycles. The van der Waals surface area contributed by atoms with E-state index in [-0.39, 0.29) is 0 Å². The summed E-state index contributed by atoms with van der Waals surface area (Å²) in [5.74, 6) is 1.57. The van der Waals surface area contributed by atoms with E-state index in [9.17, 15) is 5.11 Å². The van der Waals surface area contributed by atoms with Crippen molar-refractivity contribution in [3.63, 3.8) is 0 Å². The summed E-state index contributed by atoms with van der Waals surface area (Å²) in [5, 5.41) is 10.1. The minimum atomic E-state index is -0.418. The summed E-state index contributed by atoms with van der Waals surface area (Å²) in [4.78, 5) is 5.01. The monoisotopic (exact) mass is 322 g/mol. The third-order valence-electron chi connectivity index (χ3n) is 4.94. The molecule has 0 aromatic carbocycles. The van der Waals surface area contributed by atoms with Crippen molar-refractivity contribution in [2.45, 2.75) is 38.4 Å². The van der Waals surface area contributed by atoms with Crippen LogP contribution < -0.4 is 0 Å². The molecule has 5 nitrogen and oxygen atoms in total. The van der Waals surface area contributed by atoms with Crippen molar-refractivity contribution in [3.8, 4) is 0 Å². The highest BCUT2D eigenvalue weighted by molar-refractivity contribution is 4.96. The predicted octanol–water partition coefficient (Wildman–Crippen LogP) is 1.96. The van der Waals surface area contributed by atoms with Crippen molar-refractivity contribution in [2.75, 3.05) is 45.9 Å². The third-order valence-corrected chi connectivity index (χ3v) is 4.94. The van der Waals surface area contributed by atoms with Gasteiger partial charge in [0.1, 0.15) is 12.4 Å². The highest BCUT2D eigenvalue weighted by Crippen LogP contribution is 2.20. The average molecular weight is 322 g/mol. The van der Waals surface area contributed by atoms with Gasteiger partial charge in [0.15, 0.2) is 0 Å². The normalized spacial score (nSPS) is 25.0. The minimum Gasteiger partial charge on any atom is -0.467 e. The molecule has 3 rings (SSSR count). The third kappa shape index (κ3) is 5.60. The van der Waals surface area contributed by atoms with Crippen molar-refractivity contribution >= 4 is 0 Å². The van der Waals surface area contributed by atoms with Crippen LogP contribution in [0, 0.1) is 5.92 Å². The second-order valence-corrected chi connectivity index (χ2v) is 7.02. The number of furan rings is 1. The predicted molar refractivity (Wildman–Crippen MR) is 89.2 cm³/mol. The molecule has 2 unspecified atom stereocenters. The Bertz CT molecular complexity index is 431. The Morgan fingerprint density at radius 2 is 2.09 bits per heavy atom. The van der Waals surface area contributed by atoms with Crippen LogP contribution in [0.4, 0.5) is 0 Å². The molecule has 23 heavy (non-hydrogen) atoms. The van der Waals surface area contributed by atoms with Crippen LogP contribution in [0.15, 0.2) is 22.8 Å². The summed E-state index contributed by atoms with van der Waals surface area (Å²) < 4.78 is 10.7. The van der Waals surface area contributed by atoms with E-state index in [2.05, 4.69) is 9.80 Å². The van der Waals surface area contributed by atoms with Crippen molar-refractivity contribution < 1.29 is 14.3 Å². The lowest BCUT2D eigenvalue weighted by atomic mass is 10.1. The molecule has 3 heterocycles. The van der Waals surface area contributed by atoms with Crippen LogP contribution in [0.3, 0.4) is 0 Å². The highest BCUT2D eigenvalue weighted by atomic mass is 16.5. The molecule has 2 aliphatic heterocycles. The molecule has 2 fully saturated rings. The van der Waals surface area contributed by atoms with E-state index in [0.717, 1.165) is 24.8 Å². The van der Waals surface area contributed by atoms with Crippen molar-refractivity contribution in [1.29, 1.82) is 0 Å². The standard InChI is InChI=1S/C18H30N2O3/c21-17(14-22-15-18-5-4-10-23-18)13-20-9-6-16(12-20)11-19-7-2-1-3-8-19/h4-5,10,16-17,21H,1-3,6-9,11-15H2. The minimum absolute atomic E-state index is 0.369. The van der Waals surface area contributed by atoms with Crippen molar-refractivity contribution in [3.05, 3.63) is 24.2 Å². The van der Waals surface area contributed by atoms with Gasteiger partial charge in [0.2, 0.25) is 0 Å². The molecule has 2 saturated heterocycles. The zero-order valence-electron chi connectivity index (χ0n) is 14.0. The van der Waals surface area contributed by atoms with E-state index in [4.69, 9.17) is 9.15 Å². The molecule has 2 aliphatic rings. The number of piperidine rings is 1. The molecule has 130 valence electrons. The van der Waals surface area contributed by atoms with Gasteiger partial charge in [0.05, 0.1) is 19.0 Å². The van der Waals surface area contributed by atoms with Crippen molar-refractivity contribution in [2.24, 2.45) is 5.92 Å². The molecule has 1 aromatic heterocycles. The number of β-amino-alcohol motifs (C(OH)–C–C–N with tert-alkyl or cyclic N) is 1. The highest BCUT2D eigenvalue weighted by Gasteiger charge is 2.26. The Morgan fingerprint density at radius 1 is 1.22 bits per heavy atom. The summed E-state index contributed by atoms with van der Waals surface area (Å²) in [5.41, 5.74) is 0. The van der Waals surface area contributed by atoms with E-state index in [1.54, 1.807) is 6.26 Å². The van der Waals surface area contributed by atoms with Crippen LogP contribution in [-0.4, -0.2) is 66.9 Å². The zero-order valence-corrected chi connectivity index (χ0v) is 14.0. The summed E-state index contributed by atoms with van der Waals surface area (Å²) in [6, 6.07) is 3.74. The number of aliphatic hydroxyl groups is 1. The first kappa shape index (κ1) is 17.0. The van der Waals surface area contributed by atoms with Gasteiger partial charge in [0, 0.05) is 19.6 Å². The Hall–Kier alpha value is -0.880. The van der Waals surface area contributed by atoms with Gasteiger partial charge in [-0.15, -0.1) is 0 Å². The van der Waals surface area contributed by atoms with Crippen LogP contribution in [0.5, 0.6) is 0 Å². The largest absolute Gasteiger partial charge is 0.467 e. The number of ether oxygens (including phenoxy) is 1. The summed E-state index contributed by atoms with van der Waals surface area (Å²) in [6.07, 6.45) is 6.61. The fraction of sp³-hybridized carbons (Fsp3) is 0.778. The molecule has 2 atom stereocenters. The quantitative estimate of drug-likeness (QED) is 0.793. The fourth-order valence-electron chi connectivity index (χ4n) is 3.78. The van der Waals surface area contributed by atoms with E-state index in [0.29, 0.717) is 19.8 Å². The van der Waals surface area contributed by atoms with Crippen LogP contribution in [-0.2, 0) is 11.3 Å². The number of hydrogen-bond acceptors (Lipinski definition) is 5. The lowest BCUT2D eigenvalue weighted by molar-refractivity contribution is 0.00765. The number of hydrogen-bond donors (Lipinski definition) is 1. The molecule has 5 heteroatoms. The summed E-state index contributed by atoms with van der Waals surface area (Å²) in [6.45, 7) is 7.53. The van der Waals surface area contributed by atoms with E-state index >= 15 is 0 Å². The summed E-state index contributed by atoms with van der Waals surface area (Å²) >= 11 is 0. The second kappa shape index (κ2) is 8.83. The molecule has 0 amide bonds. The molecule has 0 aliphatic carbocycles. The summed E-state index contributed by atoms with van der Waals surface area (Å²) in [7, 11) is 0. The first-order chi connectivity index (χ1) is 11.3. The van der Waals surface area contributed by atoms with E-state index in [1.807, 2.05) is 12.1 Å². The van der Waals surface area contributed by atoms with E-state index < -0.39 is 6.10 Å². The Kier molecular flexibility index (Phi) is 6.51. The first-order valence-electron chi connectivity index (χ1n) is 9.02. The van der Waals surface area contributed by atoms with Gasteiger partial charge in [-0.1, -0.05) is 6.42 Å². The molecular formula is C18H30N2O3. The van der Waals surface area contributed by atoms with Crippen LogP contribution >= 0.6 is 0 Å². The molecular weight excluding hydrogens is 292 g/mol. The molecule has 0 spiro atoms. The van der Waals surface area contributed by atoms with E-state index in [1.165, 1.54) is 45.3 Å². The van der Waals surface area contributed by atoms with Gasteiger partial charge in [-0.2, -0.15) is 0 Å². The second-order valence-electron chi connectivity index (χ2n) is 7.02. The molecule has 0 radical (unpaired) electrons. The van der Waals surface area contributed by atoms with Gasteiger partial charge in [-0.05, 0) is 56.9 Å². The Balaban J connectivity index is 1.29. The van der Waals surface area contributed by atoms with Gasteiger partial charge in [-0.25, -0.2) is 0 Å². The van der Waals surface area contributed by atoms with Crippen LogP contribution in [0.25, 0.3) is 0 Å². The van der Waals surface area contributed by atoms with Gasteiger partial charge in [0.25, 0.3) is 0 Å². The lowest BCUT2D eigenvalue weighted by Gasteiger charge is -2.29. The maximum Gasteiger partial charge on any atom is 0.129 e.